The van der Waals surface area contributed by atoms with Gasteiger partial charge in [0.25, 0.3) is 0 Å². The fraction of sp³-hybridized carbons (Fsp3) is 0.292. The van der Waals surface area contributed by atoms with Crippen molar-refractivity contribution in [1.82, 2.24) is 9.71 Å². The molecular formula is C24H26N2O3S. The van der Waals surface area contributed by atoms with E-state index in [1.807, 2.05) is 61.5 Å². The van der Waals surface area contributed by atoms with Gasteiger partial charge in [0.2, 0.25) is 15.9 Å². The van der Waals surface area contributed by atoms with Crippen molar-refractivity contribution in [2.75, 3.05) is 0 Å². The van der Waals surface area contributed by atoms with Gasteiger partial charge in [-0.1, -0.05) is 48.5 Å². The first-order chi connectivity index (χ1) is 14.5. The Bertz CT molecular complexity index is 1060. The van der Waals surface area contributed by atoms with Crippen LogP contribution in [0.2, 0.25) is 0 Å². The Morgan fingerprint density at radius 3 is 2.17 bits per heavy atom. The fourth-order valence-electron chi connectivity index (χ4n) is 3.74. The molecule has 0 unspecified atom stereocenters. The summed E-state index contributed by atoms with van der Waals surface area (Å²) >= 11 is 0. The lowest BCUT2D eigenvalue weighted by Gasteiger charge is -2.29. The molecule has 0 bridgehead atoms. The van der Waals surface area contributed by atoms with E-state index in [9.17, 15) is 8.42 Å². The zero-order chi connectivity index (χ0) is 21.0. The minimum absolute atomic E-state index is 0.0744. The van der Waals surface area contributed by atoms with Gasteiger partial charge in [0.15, 0.2) is 0 Å². The lowest BCUT2D eigenvalue weighted by Crippen LogP contribution is -2.39. The summed E-state index contributed by atoms with van der Waals surface area (Å²) < 4.78 is 34.4. The molecular weight excluding hydrogens is 396 g/mol. The molecule has 1 saturated carbocycles. The zero-order valence-corrected chi connectivity index (χ0v) is 17.8. The molecule has 1 aliphatic rings. The molecule has 1 fully saturated rings. The second-order valence-electron chi connectivity index (χ2n) is 7.78. The van der Waals surface area contributed by atoms with E-state index < -0.39 is 10.0 Å². The Labute approximate surface area is 178 Å². The topological polar surface area (TPSA) is 68.3 Å². The molecule has 2 aromatic carbocycles. The molecule has 1 heterocycles. The number of nitrogens with zero attached hydrogens (tertiary/aromatic N) is 1. The standard InChI is InChI=1S/C24H26N2O3S/c1-18-7-16-24(25-17-18)29-22-12-10-21(11-13-22)26-30(27,28)23-14-8-20(9-15-23)19-5-3-2-4-6-19/h2-9,14-17,21-22,26H,10-13H2,1H3. The predicted octanol–water partition coefficient (Wildman–Crippen LogP) is 4.73. The predicted molar refractivity (Wildman–Crippen MR) is 118 cm³/mol. The maximum Gasteiger partial charge on any atom is 0.240 e. The highest BCUT2D eigenvalue weighted by Crippen LogP contribution is 2.25. The Hall–Kier alpha value is -2.70. The molecule has 1 aromatic heterocycles. The first-order valence-corrected chi connectivity index (χ1v) is 11.7. The summed E-state index contributed by atoms with van der Waals surface area (Å²) in [5.41, 5.74) is 3.16. The van der Waals surface area contributed by atoms with Crippen LogP contribution in [0.25, 0.3) is 11.1 Å². The van der Waals surface area contributed by atoms with Gasteiger partial charge in [0.1, 0.15) is 6.10 Å². The SMILES string of the molecule is Cc1ccc(OC2CCC(NS(=O)(=O)c3ccc(-c4ccccc4)cc3)CC2)nc1. The van der Waals surface area contributed by atoms with Crippen LogP contribution in [0.5, 0.6) is 5.88 Å². The van der Waals surface area contributed by atoms with Crippen LogP contribution < -0.4 is 9.46 Å². The molecule has 0 aliphatic heterocycles. The summed E-state index contributed by atoms with van der Waals surface area (Å²) in [7, 11) is -3.54. The van der Waals surface area contributed by atoms with Gasteiger partial charge in [-0.25, -0.2) is 18.1 Å². The van der Waals surface area contributed by atoms with Crippen LogP contribution in [-0.2, 0) is 10.0 Å². The molecule has 0 amide bonds. The molecule has 0 radical (unpaired) electrons. The van der Waals surface area contributed by atoms with Crippen molar-refractivity contribution < 1.29 is 13.2 Å². The molecule has 5 nitrogen and oxygen atoms in total. The van der Waals surface area contributed by atoms with Crippen molar-refractivity contribution in [3.8, 4) is 17.0 Å². The summed E-state index contributed by atoms with van der Waals surface area (Å²) in [5, 5.41) is 0. The minimum atomic E-state index is -3.54. The third-order valence-electron chi connectivity index (χ3n) is 5.44. The van der Waals surface area contributed by atoms with Crippen LogP contribution >= 0.6 is 0 Å². The Morgan fingerprint density at radius 1 is 0.867 bits per heavy atom. The highest BCUT2D eigenvalue weighted by Gasteiger charge is 2.26. The third-order valence-corrected chi connectivity index (χ3v) is 6.98. The number of hydrogen-bond acceptors (Lipinski definition) is 4. The van der Waals surface area contributed by atoms with Crippen LogP contribution in [0.15, 0.2) is 77.8 Å². The number of pyridine rings is 1. The summed E-state index contributed by atoms with van der Waals surface area (Å²) in [6.45, 7) is 1.99. The van der Waals surface area contributed by atoms with Crippen LogP contribution in [0.4, 0.5) is 0 Å². The smallest absolute Gasteiger partial charge is 0.240 e. The van der Waals surface area contributed by atoms with Crippen molar-refractivity contribution in [3.05, 3.63) is 78.5 Å². The average Bonchev–Trinajstić information content (AvgIpc) is 2.77. The monoisotopic (exact) mass is 422 g/mol. The van der Waals surface area contributed by atoms with Crippen molar-refractivity contribution in [3.63, 3.8) is 0 Å². The van der Waals surface area contributed by atoms with Gasteiger partial charge in [-0.2, -0.15) is 0 Å². The molecule has 30 heavy (non-hydrogen) atoms. The van der Waals surface area contributed by atoms with Crippen LogP contribution in [0, 0.1) is 6.92 Å². The number of rotatable bonds is 6. The van der Waals surface area contributed by atoms with E-state index in [0.29, 0.717) is 10.8 Å². The zero-order valence-electron chi connectivity index (χ0n) is 17.0. The normalized spacial score (nSPS) is 19.4. The van der Waals surface area contributed by atoms with Gasteiger partial charge >= 0.3 is 0 Å². The van der Waals surface area contributed by atoms with Gasteiger partial charge in [-0.05, 0) is 61.4 Å². The number of nitrogens with one attached hydrogen (secondary N) is 1. The van der Waals surface area contributed by atoms with E-state index >= 15 is 0 Å². The molecule has 1 N–H and O–H groups in total. The summed E-state index contributed by atoms with van der Waals surface area (Å²) in [6.07, 6.45) is 4.96. The highest BCUT2D eigenvalue weighted by molar-refractivity contribution is 7.89. The largest absolute Gasteiger partial charge is 0.474 e. The fourth-order valence-corrected chi connectivity index (χ4v) is 5.04. The molecule has 3 aromatic rings. The minimum Gasteiger partial charge on any atom is -0.474 e. The quantitative estimate of drug-likeness (QED) is 0.624. The average molecular weight is 423 g/mol. The number of aryl methyl sites for hydroxylation is 1. The summed E-state index contributed by atoms with van der Waals surface area (Å²) in [5.74, 6) is 0.628. The molecule has 6 heteroatoms. The van der Waals surface area contributed by atoms with E-state index in [2.05, 4.69) is 9.71 Å². The number of ether oxygens (including phenoxy) is 1. The van der Waals surface area contributed by atoms with E-state index in [1.165, 1.54) is 0 Å². The Kier molecular flexibility index (Phi) is 6.16. The van der Waals surface area contributed by atoms with Crippen molar-refractivity contribution in [2.24, 2.45) is 0 Å². The van der Waals surface area contributed by atoms with Crippen LogP contribution in [-0.4, -0.2) is 25.5 Å². The molecule has 156 valence electrons. The summed E-state index contributed by atoms with van der Waals surface area (Å²) in [6, 6.07) is 20.7. The number of aromatic nitrogens is 1. The van der Waals surface area contributed by atoms with Crippen molar-refractivity contribution in [1.29, 1.82) is 0 Å². The highest BCUT2D eigenvalue weighted by atomic mass is 32.2. The Balaban J connectivity index is 1.33. The Morgan fingerprint density at radius 2 is 1.53 bits per heavy atom. The lowest BCUT2D eigenvalue weighted by atomic mass is 9.94. The van der Waals surface area contributed by atoms with E-state index in [4.69, 9.17) is 4.74 Å². The van der Waals surface area contributed by atoms with Gasteiger partial charge in [0, 0.05) is 18.3 Å². The second kappa shape index (κ2) is 8.98. The van der Waals surface area contributed by atoms with Gasteiger partial charge in [-0.3, -0.25) is 0 Å². The van der Waals surface area contributed by atoms with E-state index in [0.717, 1.165) is 42.4 Å². The lowest BCUT2D eigenvalue weighted by molar-refractivity contribution is 0.138. The van der Waals surface area contributed by atoms with Crippen LogP contribution in [0.3, 0.4) is 0 Å². The number of hydrogen-bond donors (Lipinski definition) is 1. The maximum absolute atomic E-state index is 12.8. The van der Waals surface area contributed by atoms with E-state index in [1.54, 1.807) is 18.3 Å². The second-order valence-corrected chi connectivity index (χ2v) is 9.49. The van der Waals surface area contributed by atoms with Crippen molar-refractivity contribution >= 4 is 10.0 Å². The first-order valence-electron chi connectivity index (χ1n) is 10.3. The number of sulfonamides is 1. The maximum atomic E-state index is 12.8. The molecule has 0 atom stereocenters. The summed E-state index contributed by atoms with van der Waals surface area (Å²) in [4.78, 5) is 4.58. The third kappa shape index (κ3) is 5.07. The van der Waals surface area contributed by atoms with Crippen LogP contribution in [0.1, 0.15) is 31.2 Å². The first kappa shape index (κ1) is 20.6. The van der Waals surface area contributed by atoms with Gasteiger partial charge in [-0.15, -0.1) is 0 Å². The molecule has 0 spiro atoms. The van der Waals surface area contributed by atoms with Gasteiger partial charge < -0.3 is 4.74 Å². The van der Waals surface area contributed by atoms with Gasteiger partial charge in [0.05, 0.1) is 4.90 Å². The van der Waals surface area contributed by atoms with Crippen molar-refractivity contribution in [2.45, 2.75) is 49.6 Å². The molecule has 0 saturated heterocycles. The van der Waals surface area contributed by atoms with E-state index in [-0.39, 0.29) is 12.1 Å². The molecule has 1 aliphatic carbocycles. The molecule has 4 rings (SSSR count). The number of benzene rings is 2.